The maximum absolute atomic E-state index is 13.1. The smallest absolute Gasteiger partial charge is 0.275 e. The number of benzene rings is 1. The van der Waals surface area contributed by atoms with E-state index in [-0.39, 0.29) is 11.5 Å². The van der Waals surface area contributed by atoms with E-state index in [2.05, 4.69) is 10.3 Å². The van der Waals surface area contributed by atoms with Gasteiger partial charge >= 0.3 is 0 Å². The lowest BCUT2D eigenvalue weighted by Gasteiger charge is -2.04. The molecule has 0 spiro atoms. The number of aromatic nitrogens is 2. The quantitative estimate of drug-likeness (QED) is 0.756. The van der Waals surface area contributed by atoms with E-state index in [1.165, 1.54) is 35.9 Å². The largest absolute Gasteiger partial charge is 0.321 e. The number of imidazole rings is 1. The first kappa shape index (κ1) is 13.9. The third-order valence-electron chi connectivity index (χ3n) is 3.17. The summed E-state index contributed by atoms with van der Waals surface area (Å²) in [6.45, 7) is 1.46. The van der Waals surface area contributed by atoms with Crippen molar-refractivity contribution >= 4 is 23.0 Å². The summed E-state index contributed by atoms with van der Waals surface area (Å²) < 4.78 is 14.6. The number of hydrogen-bond donors (Lipinski definition) is 1. The Morgan fingerprint density at radius 3 is 2.77 bits per heavy atom. The van der Waals surface area contributed by atoms with Crippen LogP contribution in [-0.2, 0) is 0 Å². The Bertz CT molecular complexity index is 886. The number of anilines is 1. The standard InChI is InChI=1S/C16H12FN3O2/c1-10(21)11-3-2-4-13(7-11)18-16(22)14-9-20-8-12(17)5-6-15(20)19-14/h2-9H,1H3,(H,18,22). The van der Waals surface area contributed by atoms with Crippen molar-refractivity contribution in [2.75, 3.05) is 5.32 Å². The minimum Gasteiger partial charge on any atom is -0.321 e. The van der Waals surface area contributed by atoms with Gasteiger partial charge in [-0.2, -0.15) is 0 Å². The number of rotatable bonds is 3. The molecule has 1 aromatic carbocycles. The van der Waals surface area contributed by atoms with Crippen LogP contribution >= 0.6 is 0 Å². The summed E-state index contributed by atoms with van der Waals surface area (Å²) in [5, 5.41) is 2.67. The van der Waals surface area contributed by atoms with Crippen LogP contribution in [0.3, 0.4) is 0 Å². The normalized spacial score (nSPS) is 10.6. The molecule has 1 N–H and O–H groups in total. The molecule has 0 aliphatic carbocycles. The third kappa shape index (κ3) is 2.71. The predicted octanol–water partition coefficient (Wildman–Crippen LogP) is 2.93. The molecule has 0 unspecified atom stereocenters. The number of nitrogens with one attached hydrogen (secondary N) is 1. The zero-order chi connectivity index (χ0) is 15.7. The van der Waals surface area contributed by atoms with Gasteiger partial charge in [0.25, 0.3) is 5.91 Å². The number of ketones is 1. The minimum absolute atomic E-state index is 0.0840. The van der Waals surface area contributed by atoms with Gasteiger partial charge in [-0.3, -0.25) is 9.59 Å². The monoisotopic (exact) mass is 297 g/mol. The molecular formula is C16H12FN3O2. The molecule has 22 heavy (non-hydrogen) atoms. The molecule has 3 aromatic rings. The Labute approximate surface area is 125 Å². The highest BCUT2D eigenvalue weighted by Crippen LogP contribution is 2.13. The molecule has 0 bridgehead atoms. The summed E-state index contributed by atoms with van der Waals surface area (Å²) in [7, 11) is 0. The fraction of sp³-hybridized carbons (Fsp3) is 0.0625. The first-order valence-corrected chi connectivity index (χ1v) is 6.59. The van der Waals surface area contributed by atoms with E-state index in [0.29, 0.717) is 16.9 Å². The van der Waals surface area contributed by atoms with Gasteiger partial charge in [-0.1, -0.05) is 12.1 Å². The van der Waals surface area contributed by atoms with Crippen molar-refractivity contribution in [2.24, 2.45) is 0 Å². The number of halogens is 1. The summed E-state index contributed by atoms with van der Waals surface area (Å²) in [6.07, 6.45) is 2.69. The summed E-state index contributed by atoms with van der Waals surface area (Å²) in [5.74, 6) is -0.921. The molecule has 0 aliphatic rings. The van der Waals surface area contributed by atoms with Gasteiger partial charge in [0.1, 0.15) is 17.2 Å². The van der Waals surface area contributed by atoms with Gasteiger partial charge in [0, 0.05) is 23.6 Å². The lowest BCUT2D eigenvalue weighted by molar-refractivity contribution is 0.100. The van der Waals surface area contributed by atoms with Crippen LogP contribution in [-0.4, -0.2) is 21.1 Å². The molecule has 6 heteroatoms. The second kappa shape index (κ2) is 5.40. The number of fused-ring (bicyclic) bond motifs is 1. The average molecular weight is 297 g/mol. The zero-order valence-corrected chi connectivity index (χ0v) is 11.7. The van der Waals surface area contributed by atoms with Crippen LogP contribution in [0.1, 0.15) is 27.8 Å². The van der Waals surface area contributed by atoms with Crippen molar-refractivity contribution in [3.63, 3.8) is 0 Å². The van der Waals surface area contributed by atoms with E-state index in [1.54, 1.807) is 24.3 Å². The fourth-order valence-corrected chi connectivity index (χ4v) is 2.09. The highest BCUT2D eigenvalue weighted by molar-refractivity contribution is 6.04. The first-order chi connectivity index (χ1) is 10.5. The summed E-state index contributed by atoms with van der Waals surface area (Å²) in [6, 6.07) is 9.40. The summed E-state index contributed by atoms with van der Waals surface area (Å²) in [4.78, 5) is 27.6. The van der Waals surface area contributed by atoms with Gasteiger partial charge in [0.05, 0.1) is 0 Å². The number of carbonyl (C=O) groups is 2. The number of hydrogen-bond acceptors (Lipinski definition) is 3. The van der Waals surface area contributed by atoms with Crippen LogP contribution in [0.15, 0.2) is 48.8 Å². The molecule has 0 fully saturated rings. The second-order valence-corrected chi connectivity index (χ2v) is 4.83. The van der Waals surface area contributed by atoms with Crippen molar-refractivity contribution in [2.45, 2.75) is 6.92 Å². The number of nitrogens with zero attached hydrogens (tertiary/aromatic N) is 2. The molecule has 0 aliphatic heterocycles. The van der Waals surface area contributed by atoms with Crippen LogP contribution in [0.5, 0.6) is 0 Å². The average Bonchev–Trinajstić information content (AvgIpc) is 2.90. The lowest BCUT2D eigenvalue weighted by atomic mass is 10.1. The lowest BCUT2D eigenvalue weighted by Crippen LogP contribution is -2.12. The Balaban J connectivity index is 1.86. The van der Waals surface area contributed by atoms with Crippen LogP contribution < -0.4 is 5.32 Å². The number of carbonyl (C=O) groups excluding carboxylic acids is 2. The molecule has 110 valence electrons. The molecule has 0 saturated carbocycles. The van der Waals surface area contributed by atoms with Gasteiger partial charge in [0.2, 0.25) is 0 Å². The molecule has 0 radical (unpaired) electrons. The highest BCUT2D eigenvalue weighted by Gasteiger charge is 2.12. The van der Waals surface area contributed by atoms with Gasteiger partial charge < -0.3 is 9.72 Å². The Morgan fingerprint density at radius 2 is 2.00 bits per heavy atom. The topological polar surface area (TPSA) is 63.5 Å². The van der Waals surface area contributed by atoms with Crippen LogP contribution in [0.2, 0.25) is 0 Å². The van der Waals surface area contributed by atoms with Crippen LogP contribution in [0.4, 0.5) is 10.1 Å². The Kier molecular flexibility index (Phi) is 3.42. The Hall–Kier alpha value is -3.02. The van der Waals surface area contributed by atoms with Crippen LogP contribution in [0, 0.1) is 5.82 Å². The van der Waals surface area contributed by atoms with Gasteiger partial charge in [-0.05, 0) is 31.2 Å². The van der Waals surface area contributed by atoms with E-state index in [1.807, 2.05) is 0 Å². The predicted molar refractivity (Wildman–Crippen MR) is 79.5 cm³/mol. The molecule has 1 amide bonds. The van der Waals surface area contributed by atoms with Crippen molar-refractivity contribution < 1.29 is 14.0 Å². The van der Waals surface area contributed by atoms with Crippen molar-refractivity contribution in [1.29, 1.82) is 0 Å². The van der Waals surface area contributed by atoms with Crippen molar-refractivity contribution in [1.82, 2.24) is 9.38 Å². The molecule has 2 heterocycles. The fourth-order valence-electron chi connectivity index (χ4n) is 2.09. The molecule has 0 atom stereocenters. The highest BCUT2D eigenvalue weighted by atomic mass is 19.1. The maximum atomic E-state index is 13.1. The molecule has 0 saturated heterocycles. The van der Waals surface area contributed by atoms with E-state index in [0.717, 1.165) is 0 Å². The summed E-state index contributed by atoms with van der Waals surface area (Å²) >= 11 is 0. The van der Waals surface area contributed by atoms with Gasteiger partial charge in [-0.15, -0.1) is 0 Å². The van der Waals surface area contributed by atoms with Crippen molar-refractivity contribution in [3.8, 4) is 0 Å². The Morgan fingerprint density at radius 1 is 1.18 bits per heavy atom. The molecule has 3 rings (SSSR count). The summed E-state index contributed by atoms with van der Waals surface area (Å²) in [5.41, 5.74) is 1.65. The minimum atomic E-state index is -0.426. The van der Waals surface area contributed by atoms with E-state index in [4.69, 9.17) is 0 Å². The molecule has 2 aromatic heterocycles. The third-order valence-corrected chi connectivity index (χ3v) is 3.17. The van der Waals surface area contributed by atoms with Gasteiger partial charge in [-0.25, -0.2) is 9.37 Å². The zero-order valence-electron chi connectivity index (χ0n) is 11.7. The number of amides is 1. The van der Waals surface area contributed by atoms with E-state index >= 15 is 0 Å². The molecule has 5 nitrogen and oxygen atoms in total. The molecular weight excluding hydrogens is 285 g/mol. The first-order valence-electron chi connectivity index (χ1n) is 6.59. The van der Waals surface area contributed by atoms with E-state index in [9.17, 15) is 14.0 Å². The SMILES string of the molecule is CC(=O)c1cccc(NC(=O)c2cn3cc(F)ccc3n2)c1. The van der Waals surface area contributed by atoms with E-state index < -0.39 is 11.7 Å². The number of pyridine rings is 1. The van der Waals surface area contributed by atoms with Crippen LogP contribution in [0.25, 0.3) is 5.65 Å². The maximum Gasteiger partial charge on any atom is 0.275 e. The second-order valence-electron chi connectivity index (χ2n) is 4.83. The number of Topliss-reactive ketones (excluding diaryl/α,β-unsaturated/α-hetero) is 1. The van der Waals surface area contributed by atoms with Crippen molar-refractivity contribution in [3.05, 3.63) is 65.9 Å². The van der Waals surface area contributed by atoms with Gasteiger partial charge in [0.15, 0.2) is 5.78 Å².